The molecule has 1 fully saturated rings. The maximum atomic E-state index is 3.38. The maximum Gasteiger partial charge on any atom is 0.0348 e. The first-order chi connectivity index (χ1) is 4.95. The van der Waals surface area contributed by atoms with Crippen LogP contribution in [0.1, 0.15) is 12.8 Å². The first-order valence-corrected chi connectivity index (χ1v) is 3.68. The summed E-state index contributed by atoms with van der Waals surface area (Å²) in [6.45, 7) is 0. The minimum absolute atomic E-state index is 0.746. The Labute approximate surface area is 61.1 Å². The third-order valence-electron chi connectivity index (χ3n) is 1.66. The van der Waals surface area contributed by atoms with E-state index in [1.807, 2.05) is 18.2 Å². The Balaban J connectivity index is 2.03. The molecule has 0 heterocycles. The van der Waals surface area contributed by atoms with Gasteiger partial charge in [0.15, 0.2) is 0 Å². The van der Waals surface area contributed by atoms with Crippen LogP contribution >= 0.6 is 0 Å². The van der Waals surface area contributed by atoms with Crippen molar-refractivity contribution in [3.8, 4) is 0 Å². The van der Waals surface area contributed by atoms with Gasteiger partial charge in [-0.3, -0.25) is 0 Å². The second kappa shape index (κ2) is 2.33. The van der Waals surface area contributed by atoms with Crippen LogP contribution in [0.25, 0.3) is 0 Å². The van der Waals surface area contributed by atoms with E-state index < -0.39 is 0 Å². The van der Waals surface area contributed by atoms with E-state index in [1.54, 1.807) is 0 Å². The topological polar surface area (TPSA) is 12.0 Å². The fourth-order valence-corrected chi connectivity index (χ4v) is 0.946. The Bertz CT molecular complexity index is 201. The van der Waals surface area contributed by atoms with Crippen molar-refractivity contribution >= 4 is 5.69 Å². The summed E-state index contributed by atoms with van der Waals surface area (Å²) in [4.78, 5) is 0. The Morgan fingerprint density at radius 2 is 2.40 bits per heavy atom. The predicted octanol–water partition coefficient (Wildman–Crippen LogP) is 2.06. The average molecular weight is 132 g/mol. The van der Waals surface area contributed by atoms with E-state index in [4.69, 9.17) is 0 Å². The molecule has 1 N–H and O–H groups in total. The fourth-order valence-electron chi connectivity index (χ4n) is 0.946. The Hall–Kier alpha value is -0.980. The van der Waals surface area contributed by atoms with E-state index in [0.717, 1.165) is 6.04 Å². The molecule has 1 radical (unpaired) electrons. The van der Waals surface area contributed by atoms with Crippen molar-refractivity contribution in [3.63, 3.8) is 0 Å². The third-order valence-corrected chi connectivity index (χ3v) is 1.66. The molecular formula is C9H10N. The van der Waals surface area contributed by atoms with Crippen LogP contribution in [0.3, 0.4) is 0 Å². The number of nitrogens with one attached hydrogen (secondary N) is 1. The molecule has 1 aromatic rings. The molecule has 1 aliphatic rings. The van der Waals surface area contributed by atoms with Gasteiger partial charge >= 0.3 is 0 Å². The van der Waals surface area contributed by atoms with Crippen molar-refractivity contribution in [1.29, 1.82) is 0 Å². The third kappa shape index (κ3) is 1.29. The second-order valence-electron chi connectivity index (χ2n) is 2.71. The molecule has 1 aliphatic carbocycles. The Morgan fingerprint density at radius 3 is 3.00 bits per heavy atom. The Morgan fingerprint density at radius 1 is 1.50 bits per heavy atom. The first kappa shape index (κ1) is 5.78. The predicted molar refractivity (Wildman–Crippen MR) is 41.9 cm³/mol. The molecule has 1 heteroatoms. The zero-order valence-corrected chi connectivity index (χ0v) is 5.80. The van der Waals surface area contributed by atoms with Gasteiger partial charge in [-0.25, -0.2) is 0 Å². The molecule has 1 nitrogen and oxygen atoms in total. The summed E-state index contributed by atoms with van der Waals surface area (Å²) in [6, 6.07) is 11.8. The van der Waals surface area contributed by atoms with Crippen LogP contribution in [0.2, 0.25) is 0 Å². The molecule has 1 aromatic carbocycles. The van der Waals surface area contributed by atoms with E-state index in [9.17, 15) is 0 Å². The summed E-state index contributed by atoms with van der Waals surface area (Å²) in [5, 5.41) is 3.38. The SMILES string of the molecule is [c]1cccc(NC2CC2)c1. The molecule has 0 unspecified atom stereocenters. The van der Waals surface area contributed by atoms with Crippen molar-refractivity contribution in [2.45, 2.75) is 18.9 Å². The quantitative estimate of drug-likeness (QED) is 0.649. The summed E-state index contributed by atoms with van der Waals surface area (Å²) in [5.74, 6) is 0. The van der Waals surface area contributed by atoms with E-state index >= 15 is 0 Å². The van der Waals surface area contributed by atoms with Crippen molar-refractivity contribution in [2.75, 3.05) is 5.32 Å². The van der Waals surface area contributed by atoms with Gasteiger partial charge in [-0.05, 0) is 31.0 Å². The zero-order chi connectivity index (χ0) is 6.81. The van der Waals surface area contributed by atoms with Crippen molar-refractivity contribution in [1.82, 2.24) is 0 Å². The first-order valence-electron chi connectivity index (χ1n) is 3.68. The number of benzene rings is 1. The highest BCUT2D eigenvalue weighted by molar-refractivity contribution is 5.43. The van der Waals surface area contributed by atoms with Gasteiger partial charge in [-0.15, -0.1) is 0 Å². The van der Waals surface area contributed by atoms with Crippen LogP contribution in [0.15, 0.2) is 24.3 Å². The molecule has 1 saturated carbocycles. The van der Waals surface area contributed by atoms with Crippen molar-refractivity contribution < 1.29 is 0 Å². The summed E-state index contributed by atoms with van der Waals surface area (Å²) in [5.41, 5.74) is 1.20. The molecule has 0 spiro atoms. The summed E-state index contributed by atoms with van der Waals surface area (Å²) < 4.78 is 0. The van der Waals surface area contributed by atoms with E-state index in [-0.39, 0.29) is 0 Å². The summed E-state index contributed by atoms with van der Waals surface area (Å²) in [7, 11) is 0. The van der Waals surface area contributed by atoms with Crippen LogP contribution in [0.5, 0.6) is 0 Å². The molecular weight excluding hydrogens is 122 g/mol. The van der Waals surface area contributed by atoms with E-state index in [2.05, 4.69) is 17.4 Å². The van der Waals surface area contributed by atoms with E-state index in [0.29, 0.717) is 0 Å². The highest BCUT2D eigenvalue weighted by Crippen LogP contribution is 2.23. The second-order valence-corrected chi connectivity index (χ2v) is 2.71. The average Bonchev–Trinajstić information content (AvgIpc) is 2.74. The molecule has 10 heavy (non-hydrogen) atoms. The van der Waals surface area contributed by atoms with E-state index in [1.165, 1.54) is 18.5 Å². The smallest absolute Gasteiger partial charge is 0.0348 e. The molecule has 51 valence electrons. The number of anilines is 1. The van der Waals surface area contributed by atoms with Crippen molar-refractivity contribution in [3.05, 3.63) is 30.3 Å². The lowest BCUT2D eigenvalue weighted by atomic mass is 10.3. The monoisotopic (exact) mass is 132 g/mol. The van der Waals surface area contributed by atoms with Crippen LogP contribution in [0.4, 0.5) is 5.69 Å². The van der Waals surface area contributed by atoms with Crippen LogP contribution in [-0.2, 0) is 0 Å². The minimum Gasteiger partial charge on any atom is -0.382 e. The lowest BCUT2D eigenvalue weighted by Gasteiger charge is -2.01. The number of hydrogen-bond acceptors (Lipinski definition) is 1. The summed E-state index contributed by atoms with van der Waals surface area (Å²) in [6.07, 6.45) is 2.66. The zero-order valence-electron chi connectivity index (χ0n) is 5.80. The largest absolute Gasteiger partial charge is 0.382 e. The lowest BCUT2D eigenvalue weighted by Crippen LogP contribution is -1.99. The van der Waals surface area contributed by atoms with Gasteiger partial charge in [0, 0.05) is 11.7 Å². The summed E-state index contributed by atoms with van der Waals surface area (Å²) >= 11 is 0. The van der Waals surface area contributed by atoms with Gasteiger partial charge < -0.3 is 5.32 Å². The normalized spacial score (nSPS) is 16.8. The van der Waals surface area contributed by atoms with Gasteiger partial charge in [-0.1, -0.05) is 12.1 Å². The standard InChI is InChI=1S/C9H10N/c1-2-4-8(5-3-1)10-9-6-7-9/h1-2,4-5,9-10H,6-7H2. The van der Waals surface area contributed by atoms with Gasteiger partial charge in [0.2, 0.25) is 0 Å². The molecule has 0 aromatic heterocycles. The van der Waals surface area contributed by atoms with Gasteiger partial charge in [0.05, 0.1) is 0 Å². The molecule has 0 atom stereocenters. The van der Waals surface area contributed by atoms with Gasteiger partial charge in [-0.2, -0.15) is 0 Å². The van der Waals surface area contributed by atoms with Gasteiger partial charge in [0.1, 0.15) is 0 Å². The molecule has 2 rings (SSSR count). The van der Waals surface area contributed by atoms with Gasteiger partial charge in [0.25, 0.3) is 0 Å². The highest BCUT2D eigenvalue weighted by Gasteiger charge is 2.20. The number of hydrogen-bond donors (Lipinski definition) is 1. The molecule has 0 amide bonds. The molecule has 0 saturated heterocycles. The lowest BCUT2D eigenvalue weighted by molar-refractivity contribution is 1.16. The minimum atomic E-state index is 0.746. The maximum absolute atomic E-state index is 3.38. The van der Waals surface area contributed by atoms with Crippen LogP contribution < -0.4 is 5.32 Å². The number of rotatable bonds is 2. The fraction of sp³-hybridized carbons (Fsp3) is 0.333. The van der Waals surface area contributed by atoms with Crippen molar-refractivity contribution in [2.24, 2.45) is 0 Å². The van der Waals surface area contributed by atoms with Crippen LogP contribution in [-0.4, -0.2) is 6.04 Å². The Kier molecular flexibility index (Phi) is 1.35. The highest BCUT2D eigenvalue weighted by atomic mass is 14.9. The molecule has 0 aliphatic heterocycles. The van der Waals surface area contributed by atoms with Crippen LogP contribution in [0, 0.1) is 6.07 Å². The molecule has 0 bridgehead atoms.